The maximum absolute atomic E-state index is 12.1. The molecule has 0 radical (unpaired) electrons. The van der Waals surface area contributed by atoms with Gasteiger partial charge < -0.3 is 4.98 Å². The Morgan fingerprint density at radius 1 is 1.44 bits per heavy atom. The minimum Gasteiger partial charge on any atom is -0.350 e. The third kappa shape index (κ3) is 2.62. The van der Waals surface area contributed by atoms with Crippen LogP contribution in [0, 0.1) is 16.0 Å². The van der Waals surface area contributed by atoms with E-state index in [0.717, 1.165) is 0 Å². The minimum absolute atomic E-state index is 0.00837. The number of pyridine rings is 1. The molecule has 0 atom stereocenters. The highest BCUT2D eigenvalue weighted by molar-refractivity contribution is 7.91. The fraction of sp³-hybridized carbons (Fsp3) is 0.500. The van der Waals surface area contributed by atoms with Gasteiger partial charge in [0.25, 0.3) is 0 Å². The lowest BCUT2D eigenvalue weighted by Crippen LogP contribution is -2.20. The molecule has 0 spiro atoms. The van der Waals surface area contributed by atoms with Crippen molar-refractivity contribution in [2.45, 2.75) is 38.0 Å². The number of nitrogens with zero attached hydrogens (tertiary/aromatic N) is 1. The summed E-state index contributed by atoms with van der Waals surface area (Å²) in [5.74, 6) is -0.00837. The molecule has 0 fully saturated rings. The van der Waals surface area contributed by atoms with Crippen molar-refractivity contribution < 1.29 is 8.42 Å². The molecule has 0 bridgehead atoms. The summed E-state index contributed by atoms with van der Waals surface area (Å²) in [6.07, 6.45) is 1.39. The van der Waals surface area contributed by atoms with Crippen LogP contribution in [0.5, 0.6) is 0 Å². The number of aromatic nitrogens is 1. The van der Waals surface area contributed by atoms with Crippen molar-refractivity contribution in [1.82, 2.24) is 4.98 Å². The summed E-state index contributed by atoms with van der Waals surface area (Å²) < 4.78 is 24.4. The van der Waals surface area contributed by atoms with Crippen molar-refractivity contribution in [3.05, 3.63) is 22.0 Å². The molecule has 1 rings (SSSR count). The van der Waals surface area contributed by atoms with Crippen LogP contribution in [0.25, 0.3) is 0 Å². The zero-order chi connectivity index (χ0) is 14.1. The summed E-state index contributed by atoms with van der Waals surface area (Å²) in [6, 6.07) is 2.01. The lowest BCUT2D eigenvalue weighted by atomic mass is 9.85. The van der Waals surface area contributed by atoms with E-state index < -0.39 is 15.3 Å². The number of H-pyrrole nitrogens is 1. The molecule has 0 unspecified atom stereocenters. The topological polar surface area (TPSA) is 73.7 Å². The average molecular weight is 284 g/mol. The number of nitrogens with one attached hydrogen (secondary N) is 1. The molecule has 4 nitrogen and oxygen atoms in total. The first-order valence-electron chi connectivity index (χ1n) is 5.54. The SMILES string of the molecule is CCS(=O)(=O)c1c[nH]c(=S)c(C#N)c1C(C)(C)C. The van der Waals surface area contributed by atoms with E-state index in [4.69, 9.17) is 12.2 Å². The smallest absolute Gasteiger partial charge is 0.179 e. The second kappa shape index (κ2) is 4.82. The van der Waals surface area contributed by atoms with Gasteiger partial charge in [0.1, 0.15) is 10.7 Å². The summed E-state index contributed by atoms with van der Waals surface area (Å²) in [6.45, 7) is 7.18. The van der Waals surface area contributed by atoms with Gasteiger partial charge in [0.05, 0.1) is 16.2 Å². The van der Waals surface area contributed by atoms with Gasteiger partial charge >= 0.3 is 0 Å². The van der Waals surface area contributed by atoms with Crippen LogP contribution >= 0.6 is 12.2 Å². The van der Waals surface area contributed by atoms with Gasteiger partial charge in [-0.1, -0.05) is 39.9 Å². The van der Waals surface area contributed by atoms with Gasteiger partial charge in [0.2, 0.25) is 0 Å². The van der Waals surface area contributed by atoms with Crippen LogP contribution in [0.15, 0.2) is 11.1 Å². The molecule has 98 valence electrons. The molecule has 1 aromatic heterocycles. The molecule has 1 N–H and O–H groups in total. The zero-order valence-corrected chi connectivity index (χ0v) is 12.5. The lowest BCUT2D eigenvalue weighted by Gasteiger charge is -2.23. The van der Waals surface area contributed by atoms with Crippen LogP contribution in [0.2, 0.25) is 0 Å². The van der Waals surface area contributed by atoms with Gasteiger partial charge in [-0.05, 0) is 11.0 Å². The Morgan fingerprint density at radius 3 is 2.39 bits per heavy atom. The number of nitriles is 1. The maximum Gasteiger partial charge on any atom is 0.179 e. The number of sulfone groups is 1. The third-order valence-electron chi connectivity index (χ3n) is 2.63. The highest BCUT2D eigenvalue weighted by atomic mass is 32.2. The number of rotatable bonds is 2. The highest BCUT2D eigenvalue weighted by Gasteiger charge is 2.28. The van der Waals surface area contributed by atoms with Crippen molar-refractivity contribution in [3.63, 3.8) is 0 Å². The summed E-state index contributed by atoms with van der Waals surface area (Å²) in [5, 5.41) is 9.19. The Balaban J connectivity index is 3.89. The summed E-state index contributed by atoms with van der Waals surface area (Å²) in [7, 11) is -3.39. The second-order valence-corrected chi connectivity index (χ2v) is 7.65. The standard InChI is InChI=1S/C12H16N2O2S2/c1-5-18(15,16)9-7-14-11(17)8(6-13)10(9)12(2,3)4/h7H,5H2,1-4H3,(H,14,17). The Bertz CT molecular complexity index is 659. The van der Waals surface area contributed by atoms with E-state index in [9.17, 15) is 13.7 Å². The molecular weight excluding hydrogens is 268 g/mol. The normalized spacial score (nSPS) is 12.2. The van der Waals surface area contributed by atoms with Crippen molar-refractivity contribution in [1.29, 1.82) is 5.26 Å². The van der Waals surface area contributed by atoms with Crippen LogP contribution in [0.4, 0.5) is 0 Å². The van der Waals surface area contributed by atoms with Gasteiger partial charge in [-0.2, -0.15) is 5.26 Å². The van der Waals surface area contributed by atoms with Crippen LogP contribution in [-0.4, -0.2) is 19.2 Å². The maximum atomic E-state index is 12.1. The quantitative estimate of drug-likeness (QED) is 0.847. The van der Waals surface area contributed by atoms with E-state index in [1.54, 1.807) is 6.92 Å². The van der Waals surface area contributed by atoms with E-state index in [2.05, 4.69) is 4.98 Å². The largest absolute Gasteiger partial charge is 0.350 e. The van der Waals surface area contributed by atoms with E-state index in [-0.39, 0.29) is 20.9 Å². The fourth-order valence-corrected chi connectivity index (χ4v) is 3.24. The first-order valence-corrected chi connectivity index (χ1v) is 7.60. The van der Waals surface area contributed by atoms with E-state index >= 15 is 0 Å². The molecule has 0 aliphatic carbocycles. The van der Waals surface area contributed by atoms with E-state index in [1.165, 1.54) is 6.20 Å². The monoisotopic (exact) mass is 284 g/mol. The molecule has 0 aliphatic heterocycles. The van der Waals surface area contributed by atoms with Crippen molar-refractivity contribution in [3.8, 4) is 6.07 Å². The molecule has 0 saturated heterocycles. The van der Waals surface area contributed by atoms with Crippen LogP contribution in [0.1, 0.15) is 38.8 Å². The minimum atomic E-state index is -3.39. The molecule has 1 aromatic rings. The lowest BCUT2D eigenvalue weighted by molar-refractivity contribution is 0.558. The summed E-state index contributed by atoms with van der Waals surface area (Å²) >= 11 is 5.05. The average Bonchev–Trinajstić information content (AvgIpc) is 2.27. The first-order chi connectivity index (χ1) is 8.15. The molecule has 1 heterocycles. The molecule has 0 aromatic carbocycles. The fourth-order valence-electron chi connectivity index (χ4n) is 1.76. The zero-order valence-electron chi connectivity index (χ0n) is 10.9. The van der Waals surface area contributed by atoms with Gasteiger partial charge in [-0.25, -0.2) is 8.42 Å². The predicted molar refractivity (Wildman–Crippen MR) is 72.8 cm³/mol. The van der Waals surface area contributed by atoms with Crippen LogP contribution in [-0.2, 0) is 15.3 Å². The second-order valence-electron chi connectivity index (χ2n) is 5.00. The summed E-state index contributed by atoms with van der Waals surface area (Å²) in [5.41, 5.74) is 0.272. The molecule has 0 amide bonds. The van der Waals surface area contributed by atoms with Crippen molar-refractivity contribution in [2.75, 3.05) is 5.75 Å². The Kier molecular flexibility index (Phi) is 3.99. The Morgan fingerprint density at radius 2 is 2.00 bits per heavy atom. The Hall–Kier alpha value is -1.19. The number of hydrogen-bond donors (Lipinski definition) is 1. The third-order valence-corrected chi connectivity index (χ3v) is 4.71. The molecule has 18 heavy (non-hydrogen) atoms. The van der Waals surface area contributed by atoms with Crippen LogP contribution in [0.3, 0.4) is 0 Å². The highest BCUT2D eigenvalue weighted by Crippen LogP contribution is 2.32. The predicted octanol–water partition coefficient (Wildman–Crippen LogP) is 2.71. The van der Waals surface area contributed by atoms with Gasteiger partial charge in [-0.15, -0.1) is 0 Å². The molecule has 0 saturated carbocycles. The van der Waals surface area contributed by atoms with Crippen molar-refractivity contribution in [2.24, 2.45) is 0 Å². The van der Waals surface area contributed by atoms with Gasteiger partial charge in [0, 0.05) is 6.20 Å². The van der Waals surface area contributed by atoms with E-state index in [1.807, 2.05) is 26.8 Å². The van der Waals surface area contributed by atoms with Gasteiger partial charge in [-0.3, -0.25) is 0 Å². The van der Waals surface area contributed by atoms with E-state index in [0.29, 0.717) is 5.56 Å². The number of hydrogen-bond acceptors (Lipinski definition) is 4. The van der Waals surface area contributed by atoms with Crippen LogP contribution < -0.4 is 0 Å². The Labute approximate surface area is 113 Å². The number of aromatic amines is 1. The first kappa shape index (κ1) is 14.9. The van der Waals surface area contributed by atoms with Gasteiger partial charge in [0.15, 0.2) is 9.84 Å². The molecular formula is C12H16N2O2S2. The molecule has 6 heteroatoms. The summed E-state index contributed by atoms with van der Waals surface area (Å²) in [4.78, 5) is 2.85. The van der Waals surface area contributed by atoms with Crippen molar-refractivity contribution >= 4 is 22.1 Å². The molecule has 0 aliphatic rings.